The summed E-state index contributed by atoms with van der Waals surface area (Å²) in [5.41, 5.74) is 0.608. The standard InChI is InChI=1S/C18H17N3O5S/c1-11(16(23)21-18-12(9-19)7-8-27-18)26-15(22)10-20-17(24)13-5-3-4-6-14(13)25-2/h3-8,11H,10H2,1-2H3,(H,20,24)(H,21,23)/t11-/m1/s1. The highest BCUT2D eigenvalue weighted by Gasteiger charge is 2.20. The molecule has 140 valence electrons. The zero-order valence-electron chi connectivity index (χ0n) is 14.6. The Morgan fingerprint density at radius 1 is 1.26 bits per heavy atom. The van der Waals surface area contributed by atoms with E-state index in [0.717, 1.165) is 0 Å². The number of rotatable bonds is 7. The van der Waals surface area contributed by atoms with E-state index in [9.17, 15) is 14.4 Å². The van der Waals surface area contributed by atoms with Crippen LogP contribution in [0.5, 0.6) is 5.75 Å². The van der Waals surface area contributed by atoms with Crippen LogP contribution in [0.15, 0.2) is 35.7 Å². The lowest BCUT2D eigenvalue weighted by molar-refractivity contribution is -0.152. The molecular formula is C18H17N3O5S. The summed E-state index contributed by atoms with van der Waals surface area (Å²) in [6.07, 6.45) is -1.09. The molecule has 0 saturated heterocycles. The Morgan fingerprint density at radius 3 is 2.70 bits per heavy atom. The van der Waals surface area contributed by atoms with Gasteiger partial charge in [-0.15, -0.1) is 11.3 Å². The van der Waals surface area contributed by atoms with Gasteiger partial charge in [-0.1, -0.05) is 12.1 Å². The fourth-order valence-electron chi connectivity index (χ4n) is 2.08. The molecule has 2 amide bonds. The van der Waals surface area contributed by atoms with Crippen molar-refractivity contribution in [1.82, 2.24) is 5.32 Å². The minimum atomic E-state index is -1.09. The lowest BCUT2D eigenvalue weighted by Gasteiger charge is -2.13. The maximum Gasteiger partial charge on any atom is 0.326 e. The van der Waals surface area contributed by atoms with Crippen molar-refractivity contribution in [3.63, 3.8) is 0 Å². The van der Waals surface area contributed by atoms with Gasteiger partial charge >= 0.3 is 5.97 Å². The topological polar surface area (TPSA) is 118 Å². The number of nitrogens with zero attached hydrogens (tertiary/aromatic N) is 1. The highest BCUT2D eigenvalue weighted by molar-refractivity contribution is 7.14. The molecule has 0 radical (unpaired) electrons. The quantitative estimate of drug-likeness (QED) is 0.701. The van der Waals surface area contributed by atoms with Crippen molar-refractivity contribution in [2.75, 3.05) is 19.0 Å². The predicted octanol–water partition coefficient (Wildman–Crippen LogP) is 1.93. The first-order valence-corrected chi connectivity index (χ1v) is 8.73. The zero-order chi connectivity index (χ0) is 19.8. The van der Waals surface area contributed by atoms with Crippen LogP contribution in [0.25, 0.3) is 0 Å². The largest absolute Gasteiger partial charge is 0.496 e. The smallest absolute Gasteiger partial charge is 0.326 e. The highest BCUT2D eigenvalue weighted by Crippen LogP contribution is 2.22. The zero-order valence-corrected chi connectivity index (χ0v) is 15.5. The average Bonchev–Trinajstić information content (AvgIpc) is 3.12. The van der Waals surface area contributed by atoms with Gasteiger partial charge in [0.1, 0.15) is 23.4 Å². The number of benzene rings is 1. The summed E-state index contributed by atoms with van der Waals surface area (Å²) in [6.45, 7) is 0.992. The van der Waals surface area contributed by atoms with Gasteiger partial charge in [0, 0.05) is 0 Å². The van der Waals surface area contributed by atoms with Crippen molar-refractivity contribution in [2.24, 2.45) is 0 Å². The molecule has 0 aliphatic carbocycles. The van der Waals surface area contributed by atoms with Crippen molar-refractivity contribution in [3.8, 4) is 11.8 Å². The normalized spacial score (nSPS) is 11.0. The molecule has 0 aliphatic heterocycles. The minimum Gasteiger partial charge on any atom is -0.496 e. The highest BCUT2D eigenvalue weighted by atomic mass is 32.1. The Morgan fingerprint density at radius 2 is 2.00 bits per heavy atom. The van der Waals surface area contributed by atoms with Gasteiger partial charge in [0.05, 0.1) is 18.2 Å². The molecule has 0 spiro atoms. The second-order valence-corrected chi connectivity index (χ2v) is 6.20. The van der Waals surface area contributed by atoms with Gasteiger partial charge in [-0.25, -0.2) is 0 Å². The van der Waals surface area contributed by atoms with E-state index in [0.29, 0.717) is 16.3 Å². The van der Waals surface area contributed by atoms with Gasteiger partial charge in [-0.05, 0) is 30.5 Å². The van der Waals surface area contributed by atoms with Gasteiger partial charge in [-0.2, -0.15) is 5.26 Å². The fourth-order valence-corrected chi connectivity index (χ4v) is 2.82. The van der Waals surface area contributed by atoms with Crippen LogP contribution in [0, 0.1) is 11.3 Å². The SMILES string of the molecule is COc1ccccc1C(=O)NCC(=O)O[C@H](C)C(=O)Nc1sccc1C#N. The number of nitriles is 1. The molecular weight excluding hydrogens is 370 g/mol. The van der Waals surface area contributed by atoms with Gasteiger partial charge in [-0.3, -0.25) is 14.4 Å². The van der Waals surface area contributed by atoms with Crippen molar-refractivity contribution in [1.29, 1.82) is 5.26 Å². The molecule has 1 aromatic carbocycles. The van der Waals surface area contributed by atoms with Crippen LogP contribution in [0.2, 0.25) is 0 Å². The number of amides is 2. The number of ether oxygens (including phenoxy) is 2. The second kappa shape index (κ2) is 9.35. The number of nitrogens with one attached hydrogen (secondary N) is 2. The Bertz CT molecular complexity index is 887. The van der Waals surface area contributed by atoms with Gasteiger partial charge in [0.15, 0.2) is 6.10 Å². The lowest BCUT2D eigenvalue weighted by Crippen LogP contribution is -2.35. The summed E-state index contributed by atoms with van der Waals surface area (Å²) >= 11 is 1.19. The van der Waals surface area contributed by atoms with E-state index in [-0.39, 0.29) is 5.56 Å². The van der Waals surface area contributed by atoms with Gasteiger partial charge in [0.2, 0.25) is 0 Å². The molecule has 0 fully saturated rings. The first kappa shape index (κ1) is 19.9. The number of para-hydroxylation sites is 1. The van der Waals surface area contributed by atoms with E-state index in [1.807, 2.05) is 6.07 Å². The minimum absolute atomic E-state index is 0.278. The second-order valence-electron chi connectivity index (χ2n) is 5.28. The number of anilines is 1. The molecule has 0 unspecified atom stereocenters. The van der Waals surface area contributed by atoms with Gasteiger partial charge < -0.3 is 20.1 Å². The molecule has 2 aromatic rings. The van der Waals surface area contributed by atoms with Crippen LogP contribution in [-0.4, -0.2) is 37.5 Å². The monoisotopic (exact) mass is 387 g/mol. The third-order valence-corrected chi connectivity index (χ3v) is 4.27. The summed E-state index contributed by atoms with van der Waals surface area (Å²) < 4.78 is 10.1. The van der Waals surface area contributed by atoms with Crippen LogP contribution >= 0.6 is 11.3 Å². The summed E-state index contributed by atoms with van der Waals surface area (Å²) in [7, 11) is 1.44. The number of methoxy groups -OCH3 is 1. The van der Waals surface area contributed by atoms with Crippen LogP contribution in [0.4, 0.5) is 5.00 Å². The number of carbonyl (C=O) groups excluding carboxylic acids is 3. The molecule has 27 heavy (non-hydrogen) atoms. The summed E-state index contributed by atoms with van der Waals surface area (Å²) in [5, 5.41) is 15.9. The third kappa shape index (κ3) is 5.29. The van der Waals surface area contributed by atoms with E-state index in [2.05, 4.69) is 10.6 Å². The molecule has 2 rings (SSSR count). The Labute approximate surface area is 159 Å². The summed E-state index contributed by atoms with van der Waals surface area (Å²) in [4.78, 5) is 36.1. The van der Waals surface area contributed by atoms with Crippen LogP contribution in [0.3, 0.4) is 0 Å². The van der Waals surface area contributed by atoms with Gasteiger partial charge in [0.25, 0.3) is 11.8 Å². The third-order valence-electron chi connectivity index (χ3n) is 3.44. The number of hydrogen-bond acceptors (Lipinski definition) is 7. The molecule has 0 aliphatic rings. The molecule has 1 heterocycles. The fraction of sp³-hybridized carbons (Fsp3) is 0.222. The van der Waals surface area contributed by atoms with Crippen molar-refractivity contribution >= 4 is 34.1 Å². The predicted molar refractivity (Wildman–Crippen MR) is 98.5 cm³/mol. The summed E-state index contributed by atoms with van der Waals surface area (Å²) in [5.74, 6) is -1.47. The Hall–Kier alpha value is -3.38. The van der Waals surface area contributed by atoms with E-state index in [1.54, 1.807) is 35.7 Å². The molecule has 9 heteroatoms. The lowest BCUT2D eigenvalue weighted by atomic mass is 10.2. The number of thiophene rings is 1. The molecule has 8 nitrogen and oxygen atoms in total. The molecule has 0 saturated carbocycles. The Kier molecular flexibility index (Phi) is 6.91. The molecule has 1 aromatic heterocycles. The first-order valence-electron chi connectivity index (χ1n) is 7.85. The van der Waals surface area contributed by atoms with E-state index in [1.165, 1.54) is 25.4 Å². The van der Waals surface area contributed by atoms with E-state index in [4.69, 9.17) is 14.7 Å². The maximum atomic E-state index is 12.1. The van der Waals surface area contributed by atoms with Crippen molar-refractivity contribution in [3.05, 3.63) is 46.8 Å². The van der Waals surface area contributed by atoms with E-state index >= 15 is 0 Å². The first-order chi connectivity index (χ1) is 13.0. The average molecular weight is 387 g/mol. The van der Waals surface area contributed by atoms with Crippen LogP contribution < -0.4 is 15.4 Å². The van der Waals surface area contributed by atoms with Crippen molar-refractivity contribution < 1.29 is 23.9 Å². The number of carbonyl (C=O) groups is 3. The number of esters is 1. The molecule has 1 atom stereocenters. The molecule has 2 N–H and O–H groups in total. The van der Waals surface area contributed by atoms with Crippen LogP contribution in [-0.2, 0) is 14.3 Å². The number of hydrogen-bond donors (Lipinski definition) is 2. The molecule has 0 bridgehead atoms. The Balaban J connectivity index is 1.85. The van der Waals surface area contributed by atoms with Crippen LogP contribution in [0.1, 0.15) is 22.8 Å². The summed E-state index contributed by atoms with van der Waals surface area (Å²) in [6, 6.07) is 10.1. The van der Waals surface area contributed by atoms with Crippen molar-refractivity contribution in [2.45, 2.75) is 13.0 Å². The van der Waals surface area contributed by atoms with E-state index < -0.39 is 30.4 Å². The maximum absolute atomic E-state index is 12.1.